The highest BCUT2D eigenvalue weighted by atomic mass is 15.3. The number of hydrogen-bond donors (Lipinski definition) is 1. The summed E-state index contributed by atoms with van der Waals surface area (Å²) < 4.78 is 0. The van der Waals surface area contributed by atoms with E-state index in [2.05, 4.69) is 29.0 Å². The van der Waals surface area contributed by atoms with Gasteiger partial charge >= 0.3 is 0 Å². The highest BCUT2D eigenvalue weighted by Crippen LogP contribution is 2.20. The molecule has 3 nitrogen and oxygen atoms in total. The van der Waals surface area contributed by atoms with Crippen molar-refractivity contribution in [2.45, 2.75) is 45.6 Å². The van der Waals surface area contributed by atoms with E-state index in [-0.39, 0.29) is 0 Å². The summed E-state index contributed by atoms with van der Waals surface area (Å²) in [5, 5.41) is 3.46. The van der Waals surface area contributed by atoms with Gasteiger partial charge in [0.2, 0.25) is 0 Å². The first-order valence-corrected chi connectivity index (χ1v) is 7.96. The van der Waals surface area contributed by atoms with E-state index >= 15 is 0 Å². The summed E-state index contributed by atoms with van der Waals surface area (Å²) in [6.45, 7) is 13.4. The van der Waals surface area contributed by atoms with Gasteiger partial charge in [0.15, 0.2) is 0 Å². The molecule has 0 aliphatic carbocycles. The lowest BCUT2D eigenvalue weighted by atomic mass is 10.1. The number of hydrogen-bond acceptors (Lipinski definition) is 3. The molecule has 0 aromatic rings. The molecule has 2 saturated heterocycles. The number of likely N-dealkylation sites (tertiary alicyclic amines) is 2. The van der Waals surface area contributed by atoms with Crippen LogP contribution in [0.15, 0.2) is 0 Å². The molecule has 0 saturated carbocycles. The Balaban J connectivity index is 1.67. The van der Waals surface area contributed by atoms with Gasteiger partial charge < -0.3 is 10.2 Å². The van der Waals surface area contributed by atoms with Gasteiger partial charge in [-0.15, -0.1) is 0 Å². The molecule has 0 aromatic heterocycles. The summed E-state index contributed by atoms with van der Waals surface area (Å²) in [4.78, 5) is 5.43. The normalized spacial score (nSPS) is 28.7. The highest BCUT2D eigenvalue weighted by molar-refractivity contribution is 4.85. The molecule has 0 radical (unpaired) electrons. The van der Waals surface area contributed by atoms with Gasteiger partial charge in [-0.25, -0.2) is 0 Å². The zero-order valence-corrected chi connectivity index (χ0v) is 12.3. The third-order valence-electron chi connectivity index (χ3n) is 4.47. The van der Waals surface area contributed by atoms with Crippen molar-refractivity contribution in [3.8, 4) is 0 Å². The van der Waals surface area contributed by atoms with Crippen LogP contribution in [0.25, 0.3) is 0 Å². The molecule has 18 heavy (non-hydrogen) atoms. The predicted octanol–water partition coefficient (Wildman–Crippen LogP) is 1.79. The molecule has 2 heterocycles. The van der Waals surface area contributed by atoms with Crippen LogP contribution in [0.2, 0.25) is 0 Å². The summed E-state index contributed by atoms with van der Waals surface area (Å²) in [7, 11) is 0. The van der Waals surface area contributed by atoms with E-state index in [0.717, 1.165) is 18.5 Å². The average Bonchev–Trinajstić information content (AvgIpc) is 2.86. The topological polar surface area (TPSA) is 18.5 Å². The quantitative estimate of drug-likeness (QED) is 0.778. The zero-order chi connectivity index (χ0) is 12.8. The molecule has 1 N–H and O–H groups in total. The number of rotatable bonds is 6. The zero-order valence-electron chi connectivity index (χ0n) is 12.3. The first-order chi connectivity index (χ1) is 8.79. The average molecular weight is 253 g/mol. The van der Waals surface area contributed by atoms with E-state index in [9.17, 15) is 0 Å². The second kappa shape index (κ2) is 7.46. The van der Waals surface area contributed by atoms with E-state index in [1.807, 2.05) is 0 Å². The second-order valence-electron chi connectivity index (χ2n) is 6.21. The Labute approximate surface area is 113 Å². The van der Waals surface area contributed by atoms with Gasteiger partial charge in [-0.1, -0.05) is 20.3 Å². The van der Waals surface area contributed by atoms with E-state index in [1.165, 1.54) is 65.0 Å². The molecule has 2 rings (SSSR count). The summed E-state index contributed by atoms with van der Waals surface area (Å²) in [5.41, 5.74) is 0. The third kappa shape index (κ3) is 4.22. The second-order valence-corrected chi connectivity index (χ2v) is 6.21. The number of nitrogens with zero attached hydrogens (tertiary/aromatic N) is 2. The third-order valence-corrected chi connectivity index (χ3v) is 4.47. The molecule has 0 aromatic carbocycles. The minimum absolute atomic E-state index is 0.782. The van der Waals surface area contributed by atoms with Gasteiger partial charge in [-0.3, -0.25) is 4.90 Å². The minimum atomic E-state index is 0.782. The molecule has 2 atom stereocenters. The van der Waals surface area contributed by atoms with Gasteiger partial charge in [-0.05, 0) is 57.9 Å². The smallest absolute Gasteiger partial charge is 0.0235 e. The van der Waals surface area contributed by atoms with Crippen molar-refractivity contribution in [1.29, 1.82) is 0 Å². The van der Waals surface area contributed by atoms with Crippen LogP contribution in [-0.4, -0.2) is 61.7 Å². The molecule has 0 bridgehead atoms. The van der Waals surface area contributed by atoms with Crippen LogP contribution in [0, 0.1) is 5.92 Å². The first-order valence-electron chi connectivity index (χ1n) is 7.96. The van der Waals surface area contributed by atoms with Gasteiger partial charge in [0.05, 0.1) is 0 Å². The van der Waals surface area contributed by atoms with Gasteiger partial charge in [0, 0.05) is 19.1 Å². The molecule has 3 heteroatoms. The van der Waals surface area contributed by atoms with Crippen molar-refractivity contribution in [3.63, 3.8) is 0 Å². The van der Waals surface area contributed by atoms with Crippen molar-refractivity contribution >= 4 is 0 Å². The summed E-state index contributed by atoms with van der Waals surface area (Å²) in [5.74, 6) is 0.782. The summed E-state index contributed by atoms with van der Waals surface area (Å²) >= 11 is 0. The van der Waals surface area contributed by atoms with Gasteiger partial charge in [0.25, 0.3) is 0 Å². The van der Waals surface area contributed by atoms with Crippen molar-refractivity contribution < 1.29 is 0 Å². The van der Waals surface area contributed by atoms with Crippen LogP contribution < -0.4 is 5.32 Å². The van der Waals surface area contributed by atoms with Crippen LogP contribution in [0.1, 0.15) is 39.5 Å². The van der Waals surface area contributed by atoms with Gasteiger partial charge in [0.1, 0.15) is 0 Å². The summed E-state index contributed by atoms with van der Waals surface area (Å²) in [6.07, 6.45) is 5.70. The molecular formula is C15H31N3. The van der Waals surface area contributed by atoms with Crippen LogP contribution in [-0.2, 0) is 0 Å². The maximum absolute atomic E-state index is 3.46. The molecule has 106 valence electrons. The van der Waals surface area contributed by atoms with Crippen molar-refractivity contribution in [2.24, 2.45) is 5.92 Å². The molecule has 2 aliphatic rings. The molecular weight excluding hydrogens is 222 g/mol. The van der Waals surface area contributed by atoms with Crippen LogP contribution in [0.5, 0.6) is 0 Å². The Morgan fingerprint density at radius 3 is 2.67 bits per heavy atom. The molecule has 0 spiro atoms. The predicted molar refractivity (Wildman–Crippen MR) is 78.0 cm³/mol. The van der Waals surface area contributed by atoms with Crippen molar-refractivity contribution in [2.75, 3.05) is 45.8 Å². The lowest BCUT2D eigenvalue weighted by Gasteiger charge is -2.32. The van der Waals surface area contributed by atoms with Crippen molar-refractivity contribution in [1.82, 2.24) is 15.1 Å². The SMILES string of the molecule is CCNCC(C)CN1CCC(N2CCCCC2)C1. The lowest BCUT2D eigenvalue weighted by Crippen LogP contribution is -2.41. The lowest BCUT2D eigenvalue weighted by molar-refractivity contribution is 0.159. The minimum Gasteiger partial charge on any atom is -0.317 e. The molecule has 0 amide bonds. The van der Waals surface area contributed by atoms with E-state index in [1.54, 1.807) is 0 Å². The Morgan fingerprint density at radius 2 is 1.94 bits per heavy atom. The Bertz CT molecular complexity index is 226. The fraction of sp³-hybridized carbons (Fsp3) is 1.00. The largest absolute Gasteiger partial charge is 0.317 e. The fourth-order valence-electron chi connectivity index (χ4n) is 3.46. The maximum atomic E-state index is 3.46. The van der Waals surface area contributed by atoms with Crippen LogP contribution in [0.3, 0.4) is 0 Å². The Hall–Kier alpha value is -0.120. The molecule has 2 aliphatic heterocycles. The first kappa shape index (κ1) is 14.3. The molecule has 2 fully saturated rings. The maximum Gasteiger partial charge on any atom is 0.0235 e. The van der Waals surface area contributed by atoms with Crippen molar-refractivity contribution in [3.05, 3.63) is 0 Å². The molecule has 2 unspecified atom stereocenters. The highest BCUT2D eigenvalue weighted by Gasteiger charge is 2.28. The van der Waals surface area contributed by atoms with E-state index in [4.69, 9.17) is 0 Å². The van der Waals surface area contributed by atoms with E-state index < -0.39 is 0 Å². The number of nitrogens with one attached hydrogen (secondary N) is 1. The van der Waals surface area contributed by atoms with Gasteiger partial charge in [-0.2, -0.15) is 0 Å². The van der Waals surface area contributed by atoms with Crippen LogP contribution in [0.4, 0.5) is 0 Å². The standard InChI is InChI=1S/C15H31N3/c1-3-16-11-14(2)12-17-10-7-15(13-17)18-8-5-4-6-9-18/h14-16H,3-13H2,1-2H3. The van der Waals surface area contributed by atoms with Crippen LogP contribution >= 0.6 is 0 Å². The Morgan fingerprint density at radius 1 is 1.17 bits per heavy atom. The number of piperidine rings is 1. The van der Waals surface area contributed by atoms with E-state index in [0.29, 0.717) is 0 Å². The fourth-order valence-corrected chi connectivity index (χ4v) is 3.46. The Kier molecular flexibility index (Phi) is 5.93. The monoisotopic (exact) mass is 253 g/mol. The summed E-state index contributed by atoms with van der Waals surface area (Å²) in [6, 6.07) is 0.858.